The summed E-state index contributed by atoms with van der Waals surface area (Å²) in [5, 5.41) is 21.5. The lowest BCUT2D eigenvalue weighted by Gasteiger charge is -2.22. The molecule has 4 rings (SSSR count). The van der Waals surface area contributed by atoms with Gasteiger partial charge in [-0.1, -0.05) is 30.3 Å². The van der Waals surface area contributed by atoms with Crippen molar-refractivity contribution in [2.24, 2.45) is 0 Å². The van der Waals surface area contributed by atoms with E-state index >= 15 is 0 Å². The van der Waals surface area contributed by atoms with Gasteiger partial charge >= 0.3 is 5.97 Å². The summed E-state index contributed by atoms with van der Waals surface area (Å²) < 4.78 is 58.8. The van der Waals surface area contributed by atoms with Crippen LogP contribution in [0.15, 0.2) is 79.1 Å². The van der Waals surface area contributed by atoms with Crippen LogP contribution in [0.1, 0.15) is 39.8 Å². The minimum atomic E-state index is -3.48. The van der Waals surface area contributed by atoms with E-state index in [0.29, 0.717) is 34.6 Å². The third-order valence-corrected chi connectivity index (χ3v) is 7.84. The van der Waals surface area contributed by atoms with Crippen LogP contribution in [0.5, 0.6) is 0 Å². The molecule has 1 heterocycles. The lowest BCUT2D eigenvalue weighted by atomic mass is 9.92. The van der Waals surface area contributed by atoms with Crippen LogP contribution >= 0.6 is 0 Å². The van der Waals surface area contributed by atoms with Gasteiger partial charge in [-0.3, -0.25) is 4.79 Å². The zero-order chi connectivity index (χ0) is 31.9. The summed E-state index contributed by atoms with van der Waals surface area (Å²) in [5.41, 5.74) is 2.01. The Balaban J connectivity index is 1.71. The average Bonchev–Trinajstić information content (AvgIpc) is 3.45. The third-order valence-electron chi connectivity index (χ3n) is 6.86. The molecule has 1 aromatic heterocycles. The molecule has 10 nitrogen and oxygen atoms in total. The molecule has 1 unspecified atom stereocenters. The summed E-state index contributed by atoms with van der Waals surface area (Å²) in [6.45, 7) is 0.263. The van der Waals surface area contributed by atoms with Gasteiger partial charge in [-0.2, -0.15) is 0 Å². The molecule has 0 radical (unpaired) electrons. The zero-order valence-corrected chi connectivity index (χ0v) is 24.5. The summed E-state index contributed by atoms with van der Waals surface area (Å²) in [6.07, 6.45) is 3.15. The summed E-state index contributed by atoms with van der Waals surface area (Å²) in [4.78, 5) is 29.3. The number of halogens is 2. The summed E-state index contributed by atoms with van der Waals surface area (Å²) in [5.74, 6) is -3.10. The number of hydrogen-bond donors (Lipinski definition) is 3. The van der Waals surface area contributed by atoms with Crippen molar-refractivity contribution in [2.45, 2.75) is 31.7 Å². The maximum Gasteiger partial charge on any atom is 0.326 e. The van der Waals surface area contributed by atoms with Crippen molar-refractivity contribution in [1.29, 1.82) is 0 Å². The number of carboxylic acid groups (broad SMARTS) is 1. The Morgan fingerprint density at radius 3 is 2.25 bits per heavy atom. The van der Waals surface area contributed by atoms with Crippen LogP contribution in [-0.4, -0.2) is 64.7 Å². The Bertz CT molecular complexity index is 1710. The number of aromatic nitrogens is 2. The van der Waals surface area contributed by atoms with Crippen molar-refractivity contribution >= 4 is 21.7 Å². The van der Waals surface area contributed by atoms with E-state index in [1.807, 2.05) is 0 Å². The smallest absolute Gasteiger partial charge is 0.326 e. The van der Waals surface area contributed by atoms with Crippen LogP contribution in [0, 0.1) is 11.6 Å². The van der Waals surface area contributed by atoms with E-state index in [2.05, 4.69) is 10.3 Å². The van der Waals surface area contributed by atoms with Crippen LogP contribution in [0.2, 0.25) is 0 Å². The normalized spacial score (nSPS) is 12.9. The molecule has 13 heteroatoms. The van der Waals surface area contributed by atoms with E-state index in [9.17, 15) is 37.0 Å². The second-order valence-electron chi connectivity index (χ2n) is 10.1. The molecule has 0 spiro atoms. The predicted octanol–water partition coefficient (Wildman–Crippen LogP) is 3.74. The van der Waals surface area contributed by atoms with Gasteiger partial charge in [-0.15, -0.1) is 0 Å². The highest BCUT2D eigenvalue weighted by molar-refractivity contribution is 7.90. The topological polar surface area (TPSA) is 148 Å². The molecule has 2 atom stereocenters. The second kappa shape index (κ2) is 14.3. The Labute approximate surface area is 252 Å². The highest BCUT2D eigenvalue weighted by Crippen LogP contribution is 2.32. The van der Waals surface area contributed by atoms with Crippen molar-refractivity contribution in [3.05, 3.63) is 113 Å². The van der Waals surface area contributed by atoms with E-state index < -0.39 is 51.2 Å². The van der Waals surface area contributed by atoms with E-state index in [-0.39, 0.29) is 25.2 Å². The van der Waals surface area contributed by atoms with Crippen molar-refractivity contribution in [1.82, 2.24) is 14.9 Å². The first-order chi connectivity index (χ1) is 20.9. The van der Waals surface area contributed by atoms with Gasteiger partial charge in [0.15, 0.2) is 0 Å². The number of carbonyl (C=O) groups is 2. The van der Waals surface area contributed by atoms with Gasteiger partial charge in [0.25, 0.3) is 5.91 Å². The van der Waals surface area contributed by atoms with Crippen molar-refractivity contribution in [3.8, 4) is 11.1 Å². The summed E-state index contributed by atoms with van der Waals surface area (Å²) in [7, 11) is -3.48. The largest absolute Gasteiger partial charge is 0.480 e. The molecular formula is C31H31F2N3O7S. The molecule has 232 valence electrons. The Kier molecular flexibility index (Phi) is 10.6. The first-order valence-corrected chi connectivity index (χ1v) is 15.6. The number of benzene rings is 3. The Hall–Kier alpha value is -4.46. The molecule has 0 aliphatic carbocycles. The number of hydrogen-bond acceptors (Lipinski definition) is 7. The SMILES string of the molecule is CS(=O)(=O)CC[C@H](NC(=O)c1ccc(C(OCCn2ccnc2CO)c2ccc(F)cc2)cc1-c1ccc(F)cc1)C(=O)O. The molecule has 0 bridgehead atoms. The molecule has 0 aliphatic heterocycles. The number of sulfone groups is 1. The van der Waals surface area contributed by atoms with Gasteiger partial charge in [-0.05, 0) is 65.1 Å². The molecule has 3 N–H and O–H groups in total. The second-order valence-corrected chi connectivity index (χ2v) is 12.4. The fourth-order valence-electron chi connectivity index (χ4n) is 4.60. The number of aliphatic hydroxyl groups is 1. The molecule has 0 aliphatic rings. The molecule has 1 amide bonds. The first kappa shape index (κ1) is 32.5. The fourth-order valence-corrected chi connectivity index (χ4v) is 5.27. The standard InChI is InChI=1S/C31H31F2N3O7S/c1-44(41,42)17-12-27(31(39)40)35-30(38)25-11-6-22(18-26(25)20-2-7-23(32)8-3-20)29(21-4-9-24(33)10-5-21)43-16-15-36-14-13-34-28(36)19-37/h2-11,13-14,18,27,29,37H,12,15-17,19H2,1H3,(H,35,38)(H,39,40)/t27-,29?/m0/s1. The van der Waals surface area contributed by atoms with E-state index in [1.54, 1.807) is 41.2 Å². The summed E-state index contributed by atoms with van der Waals surface area (Å²) in [6, 6.07) is 14.3. The van der Waals surface area contributed by atoms with E-state index in [1.165, 1.54) is 42.5 Å². The van der Waals surface area contributed by atoms with Gasteiger partial charge in [0.05, 0.1) is 12.4 Å². The molecule has 4 aromatic rings. The maximum absolute atomic E-state index is 13.8. The van der Waals surface area contributed by atoms with Gasteiger partial charge in [0, 0.05) is 30.8 Å². The monoisotopic (exact) mass is 627 g/mol. The highest BCUT2D eigenvalue weighted by Gasteiger charge is 2.25. The lowest BCUT2D eigenvalue weighted by Crippen LogP contribution is -2.42. The van der Waals surface area contributed by atoms with Gasteiger partial charge < -0.3 is 24.8 Å². The Morgan fingerprint density at radius 2 is 1.64 bits per heavy atom. The van der Waals surface area contributed by atoms with Crippen LogP contribution in [-0.2, 0) is 32.5 Å². The number of nitrogens with one attached hydrogen (secondary N) is 1. The van der Waals surface area contributed by atoms with Crippen LogP contribution in [0.4, 0.5) is 8.78 Å². The number of ether oxygens (including phenoxy) is 1. The van der Waals surface area contributed by atoms with Gasteiger partial charge in [0.2, 0.25) is 0 Å². The molecular weight excluding hydrogens is 596 g/mol. The molecule has 0 saturated carbocycles. The number of rotatable bonds is 14. The minimum absolute atomic E-state index is 0.0647. The van der Waals surface area contributed by atoms with Gasteiger partial charge in [-0.25, -0.2) is 27.0 Å². The average molecular weight is 628 g/mol. The molecule has 0 fully saturated rings. The van der Waals surface area contributed by atoms with Crippen molar-refractivity contribution in [2.75, 3.05) is 18.6 Å². The number of imidazole rings is 1. The molecule has 44 heavy (non-hydrogen) atoms. The highest BCUT2D eigenvalue weighted by atomic mass is 32.2. The number of amides is 1. The maximum atomic E-state index is 13.8. The summed E-state index contributed by atoms with van der Waals surface area (Å²) >= 11 is 0. The minimum Gasteiger partial charge on any atom is -0.480 e. The molecule has 3 aromatic carbocycles. The van der Waals surface area contributed by atoms with Crippen LogP contribution < -0.4 is 5.32 Å². The van der Waals surface area contributed by atoms with Crippen LogP contribution in [0.3, 0.4) is 0 Å². The first-order valence-electron chi connectivity index (χ1n) is 13.5. The quantitative estimate of drug-likeness (QED) is 0.192. The number of aliphatic hydroxyl groups excluding tert-OH is 1. The van der Waals surface area contributed by atoms with E-state index in [0.717, 1.165) is 6.26 Å². The van der Waals surface area contributed by atoms with E-state index in [4.69, 9.17) is 4.74 Å². The zero-order valence-electron chi connectivity index (χ0n) is 23.7. The van der Waals surface area contributed by atoms with Crippen molar-refractivity contribution < 1.29 is 41.7 Å². The number of aliphatic carboxylic acids is 1. The lowest BCUT2D eigenvalue weighted by molar-refractivity contribution is -0.139. The van der Waals surface area contributed by atoms with Crippen molar-refractivity contribution in [3.63, 3.8) is 0 Å². The number of nitrogens with zero attached hydrogens (tertiary/aromatic N) is 2. The van der Waals surface area contributed by atoms with Gasteiger partial charge in [0.1, 0.15) is 46.0 Å². The predicted molar refractivity (Wildman–Crippen MR) is 157 cm³/mol. The van der Waals surface area contributed by atoms with Crippen LogP contribution in [0.25, 0.3) is 11.1 Å². The number of carboxylic acids is 1. The Morgan fingerprint density at radius 1 is 1.00 bits per heavy atom. The fraction of sp³-hybridized carbons (Fsp3) is 0.258. The molecule has 0 saturated heterocycles. The number of carbonyl (C=O) groups excluding carboxylic acids is 1. The third kappa shape index (κ3) is 8.56.